The van der Waals surface area contributed by atoms with Crippen molar-refractivity contribution in [1.82, 2.24) is 4.72 Å². The number of benzene rings is 1. The van der Waals surface area contributed by atoms with Gasteiger partial charge in [-0.2, -0.15) is 0 Å². The second kappa shape index (κ2) is 5.71. The molecule has 0 saturated carbocycles. The number of hydrogen-bond acceptors (Lipinski definition) is 4. The number of aliphatic hydroxyl groups is 1. The van der Waals surface area contributed by atoms with Crippen molar-refractivity contribution >= 4 is 10.0 Å². The Morgan fingerprint density at radius 2 is 1.65 bits per heavy atom. The first-order valence-corrected chi connectivity index (χ1v) is 7.97. The van der Waals surface area contributed by atoms with Gasteiger partial charge in [-0.25, -0.2) is 13.1 Å². The van der Waals surface area contributed by atoms with E-state index in [2.05, 4.69) is 4.72 Å². The predicted molar refractivity (Wildman–Crippen MR) is 78.3 cm³/mol. The van der Waals surface area contributed by atoms with Crippen molar-refractivity contribution < 1.29 is 18.3 Å². The Balaban J connectivity index is 3.00. The zero-order chi connectivity index (χ0) is 15.6. The van der Waals surface area contributed by atoms with Crippen molar-refractivity contribution in [2.75, 3.05) is 6.61 Å². The van der Waals surface area contributed by atoms with Crippen LogP contribution in [0.3, 0.4) is 0 Å². The molecule has 1 rings (SSSR count). The molecule has 0 spiro atoms. The summed E-state index contributed by atoms with van der Waals surface area (Å²) in [6, 6.07) is 6.17. The third kappa shape index (κ3) is 3.94. The van der Waals surface area contributed by atoms with Gasteiger partial charge in [0.2, 0.25) is 10.0 Å². The van der Waals surface area contributed by atoms with Gasteiger partial charge in [0.25, 0.3) is 0 Å². The molecule has 0 bridgehead atoms. The predicted octanol–water partition coefficient (Wildman–Crippen LogP) is 1.91. The third-order valence-electron chi connectivity index (χ3n) is 3.36. The normalized spacial score (nSPS) is 13.3. The SMILES string of the molecule is CCOc1ccc(S(=O)(=O)NC(C)(C)C(C)(C)O)cc1. The standard InChI is InChI=1S/C14H23NO4S/c1-6-19-11-7-9-12(10-8-11)20(17,18)15-13(2,3)14(4,5)16/h7-10,15-16H,6H2,1-5H3. The molecule has 0 aliphatic carbocycles. The quantitative estimate of drug-likeness (QED) is 0.841. The van der Waals surface area contributed by atoms with E-state index in [4.69, 9.17) is 4.74 Å². The summed E-state index contributed by atoms with van der Waals surface area (Å²) in [7, 11) is -3.70. The Kier molecular flexibility index (Phi) is 4.84. The van der Waals surface area contributed by atoms with E-state index in [1.54, 1.807) is 39.8 Å². The summed E-state index contributed by atoms with van der Waals surface area (Å²) < 4.78 is 32.4. The Morgan fingerprint density at radius 3 is 2.05 bits per heavy atom. The lowest BCUT2D eigenvalue weighted by Crippen LogP contribution is -2.57. The molecule has 1 aromatic rings. The summed E-state index contributed by atoms with van der Waals surface area (Å²) in [5, 5.41) is 10.0. The van der Waals surface area contributed by atoms with E-state index < -0.39 is 21.2 Å². The highest BCUT2D eigenvalue weighted by Crippen LogP contribution is 2.24. The fourth-order valence-corrected chi connectivity index (χ4v) is 2.94. The van der Waals surface area contributed by atoms with E-state index in [1.807, 2.05) is 6.92 Å². The van der Waals surface area contributed by atoms with Crippen LogP contribution in [0.15, 0.2) is 29.2 Å². The molecule has 0 amide bonds. The number of nitrogens with one attached hydrogen (secondary N) is 1. The van der Waals surface area contributed by atoms with Crippen LogP contribution in [0.25, 0.3) is 0 Å². The summed E-state index contributed by atoms with van der Waals surface area (Å²) in [5.74, 6) is 0.619. The molecule has 5 nitrogen and oxygen atoms in total. The Morgan fingerprint density at radius 1 is 1.15 bits per heavy atom. The molecule has 0 fully saturated rings. The van der Waals surface area contributed by atoms with Gasteiger partial charge < -0.3 is 9.84 Å². The van der Waals surface area contributed by atoms with Gasteiger partial charge in [0.15, 0.2) is 0 Å². The smallest absolute Gasteiger partial charge is 0.241 e. The van der Waals surface area contributed by atoms with Crippen molar-refractivity contribution in [1.29, 1.82) is 0 Å². The first kappa shape index (κ1) is 16.9. The van der Waals surface area contributed by atoms with Crippen LogP contribution in [0.5, 0.6) is 5.75 Å². The first-order chi connectivity index (χ1) is 8.99. The van der Waals surface area contributed by atoms with Crippen LogP contribution in [0.4, 0.5) is 0 Å². The van der Waals surface area contributed by atoms with E-state index in [0.717, 1.165) is 0 Å². The monoisotopic (exact) mass is 301 g/mol. The minimum atomic E-state index is -3.70. The lowest BCUT2D eigenvalue weighted by atomic mass is 9.87. The van der Waals surface area contributed by atoms with Crippen LogP contribution >= 0.6 is 0 Å². The van der Waals surface area contributed by atoms with E-state index in [9.17, 15) is 13.5 Å². The molecule has 114 valence electrons. The van der Waals surface area contributed by atoms with Crippen molar-refractivity contribution in [3.8, 4) is 5.75 Å². The largest absolute Gasteiger partial charge is 0.494 e. The van der Waals surface area contributed by atoms with Gasteiger partial charge in [-0.05, 0) is 58.9 Å². The molecule has 0 atom stereocenters. The van der Waals surface area contributed by atoms with Crippen molar-refractivity contribution in [3.05, 3.63) is 24.3 Å². The molecule has 0 aromatic heterocycles. The lowest BCUT2D eigenvalue weighted by Gasteiger charge is -2.37. The fourth-order valence-electron chi connectivity index (χ4n) is 1.40. The van der Waals surface area contributed by atoms with E-state index in [1.165, 1.54) is 12.1 Å². The highest BCUT2D eigenvalue weighted by molar-refractivity contribution is 7.89. The van der Waals surface area contributed by atoms with E-state index in [0.29, 0.717) is 12.4 Å². The summed E-state index contributed by atoms with van der Waals surface area (Å²) in [5.41, 5.74) is -2.18. The van der Waals surface area contributed by atoms with Crippen LogP contribution in [0.1, 0.15) is 34.6 Å². The first-order valence-electron chi connectivity index (χ1n) is 6.49. The third-order valence-corrected chi connectivity index (χ3v) is 5.04. The lowest BCUT2D eigenvalue weighted by molar-refractivity contribution is 0.00638. The van der Waals surface area contributed by atoms with Crippen molar-refractivity contribution in [2.24, 2.45) is 0 Å². The second-order valence-electron chi connectivity index (χ2n) is 5.69. The molecule has 20 heavy (non-hydrogen) atoms. The van der Waals surface area contributed by atoms with Gasteiger partial charge in [0.1, 0.15) is 5.75 Å². The number of rotatable bonds is 6. The molecule has 6 heteroatoms. The Bertz CT molecular complexity index is 542. The minimum absolute atomic E-state index is 0.137. The Hall–Kier alpha value is -1.11. The van der Waals surface area contributed by atoms with Crippen LogP contribution in [-0.2, 0) is 10.0 Å². The maximum atomic E-state index is 12.3. The van der Waals surface area contributed by atoms with Gasteiger partial charge in [0, 0.05) is 0 Å². The van der Waals surface area contributed by atoms with Crippen LogP contribution < -0.4 is 9.46 Å². The number of ether oxygens (including phenoxy) is 1. The molecule has 2 N–H and O–H groups in total. The molecule has 0 radical (unpaired) electrons. The Labute approximate surface area is 121 Å². The molecule has 0 saturated heterocycles. The second-order valence-corrected chi connectivity index (χ2v) is 7.38. The minimum Gasteiger partial charge on any atom is -0.494 e. The average Bonchev–Trinajstić information content (AvgIpc) is 2.27. The van der Waals surface area contributed by atoms with Gasteiger partial charge in [-0.1, -0.05) is 0 Å². The number of hydrogen-bond donors (Lipinski definition) is 2. The van der Waals surface area contributed by atoms with Crippen LogP contribution in [0, 0.1) is 0 Å². The van der Waals surface area contributed by atoms with Gasteiger partial charge >= 0.3 is 0 Å². The highest BCUT2D eigenvalue weighted by atomic mass is 32.2. The van der Waals surface area contributed by atoms with E-state index in [-0.39, 0.29) is 4.90 Å². The summed E-state index contributed by atoms with van der Waals surface area (Å²) in [4.78, 5) is 0.137. The molecular formula is C14H23NO4S. The van der Waals surface area contributed by atoms with Gasteiger partial charge in [-0.15, -0.1) is 0 Å². The fraction of sp³-hybridized carbons (Fsp3) is 0.571. The highest BCUT2D eigenvalue weighted by Gasteiger charge is 2.38. The molecule has 0 aliphatic heterocycles. The van der Waals surface area contributed by atoms with Crippen molar-refractivity contribution in [2.45, 2.75) is 50.7 Å². The molecule has 1 aromatic carbocycles. The van der Waals surface area contributed by atoms with Crippen LogP contribution in [0.2, 0.25) is 0 Å². The number of sulfonamides is 1. The van der Waals surface area contributed by atoms with Crippen LogP contribution in [-0.4, -0.2) is 31.3 Å². The molecule has 0 aliphatic rings. The van der Waals surface area contributed by atoms with Gasteiger partial charge in [0.05, 0.1) is 22.6 Å². The average molecular weight is 301 g/mol. The zero-order valence-electron chi connectivity index (χ0n) is 12.6. The summed E-state index contributed by atoms with van der Waals surface area (Å²) in [6.07, 6.45) is 0. The summed E-state index contributed by atoms with van der Waals surface area (Å²) in [6.45, 7) is 8.79. The van der Waals surface area contributed by atoms with Gasteiger partial charge in [-0.3, -0.25) is 0 Å². The maximum absolute atomic E-state index is 12.3. The molecule has 0 heterocycles. The maximum Gasteiger partial charge on any atom is 0.241 e. The molecular weight excluding hydrogens is 278 g/mol. The van der Waals surface area contributed by atoms with Crippen molar-refractivity contribution in [3.63, 3.8) is 0 Å². The summed E-state index contributed by atoms with van der Waals surface area (Å²) >= 11 is 0. The zero-order valence-corrected chi connectivity index (χ0v) is 13.4. The van der Waals surface area contributed by atoms with E-state index >= 15 is 0 Å². The molecule has 0 unspecified atom stereocenters. The topological polar surface area (TPSA) is 75.6 Å².